The summed E-state index contributed by atoms with van der Waals surface area (Å²) in [5.74, 6) is -6.90. The summed E-state index contributed by atoms with van der Waals surface area (Å²) in [7, 11) is 0. The van der Waals surface area contributed by atoms with Crippen molar-refractivity contribution in [2.75, 3.05) is 0 Å². The molecule has 0 fully saturated rings. The summed E-state index contributed by atoms with van der Waals surface area (Å²) in [6, 6.07) is 6.31. The van der Waals surface area contributed by atoms with Crippen LogP contribution >= 0.6 is 0 Å². The van der Waals surface area contributed by atoms with Gasteiger partial charge < -0.3 is 0 Å². The highest BCUT2D eigenvalue weighted by Crippen LogP contribution is 2.24. The highest BCUT2D eigenvalue weighted by molar-refractivity contribution is 5.84. The van der Waals surface area contributed by atoms with E-state index in [0.29, 0.717) is 24.3 Å². The monoisotopic (exact) mass is 393 g/mol. The number of nitrogens with zero attached hydrogens (tertiary/aromatic N) is 3. The molecule has 3 rings (SSSR count). The molecule has 9 heteroatoms. The van der Waals surface area contributed by atoms with Gasteiger partial charge >= 0.3 is 0 Å². The molecule has 0 radical (unpaired) electrons. The molecule has 2 aromatic carbocycles. The molecule has 1 aromatic heterocycles. The maximum Gasteiger partial charge on any atom is 0.154 e. The summed E-state index contributed by atoms with van der Waals surface area (Å²) < 4.78 is 80.1. The Morgan fingerprint density at radius 3 is 1.32 bits per heavy atom. The molecule has 0 aliphatic rings. The number of rotatable bonds is 4. The van der Waals surface area contributed by atoms with Crippen molar-refractivity contribution in [3.05, 3.63) is 88.8 Å². The zero-order valence-corrected chi connectivity index (χ0v) is 13.8. The summed E-state index contributed by atoms with van der Waals surface area (Å²) in [6.07, 6.45) is 2.05. The van der Waals surface area contributed by atoms with Crippen LogP contribution in [-0.4, -0.2) is 17.4 Å². The van der Waals surface area contributed by atoms with Crippen LogP contribution in [0.5, 0.6) is 0 Å². The van der Waals surface area contributed by atoms with Gasteiger partial charge in [-0.1, -0.05) is 6.07 Å². The van der Waals surface area contributed by atoms with Crippen LogP contribution in [0.4, 0.5) is 37.7 Å². The summed E-state index contributed by atoms with van der Waals surface area (Å²) >= 11 is 0. The van der Waals surface area contributed by atoms with Crippen molar-refractivity contribution in [1.29, 1.82) is 0 Å². The minimum absolute atomic E-state index is 0.145. The fourth-order valence-electron chi connectivity index (χ4n) is 2.19. The van der Waals surface area contributed by atoms with Crippen LogP contribution in [0, 0.1) is 34.9 Å². The lowest BCUT2D eigenvalue weighted by Gasteiger charge is -2.01. The Bertz CT molecular complexity index is 966. The first-order chi connectivity index (χ1) is 13.3. The summed E-state index contributed by atoms with van der Waals surface area (Å²) in [4.78, 5) is 11.2. The van der Waals surface area contributed by atoms with E-state index in [-0.39, 0.29) is 11.4 Å². The topological polar surface area (TPSA) is 37.6 Å². The van der Waals surface area contributed by atoms with Gasteiger partial charge in [0.1, 0.15) is 23.0 Å². The highest BCUT2D eigenvalue weighted by atomic mass is 19.2. The molecule has 1 heterocycles. The Hall–Kier alpha value is -3.49. The van der Waals surface area contributed by atoms with Gasteiger partial charge in [0.2, 0.25) is 0 Å². The second-order valence-electron chi connectivity index (χ2n) is 5.44. The zero-order chi connectivity index (χ0) is 20.3. The Balaban J connectivity index is 1.86. The normalized spacial score (nSPS) is 11.6. The van der Waals surface area contributed by atoms with Gasteiger partial charge in [0.05, 0.1) is 23.8 Å². The predicted molar refractivity (Wildman–Crippen MR) is 91.4 cm³/mol. The molecule has 142 valence electrons. The molecule has 0 saturated carbocycles. The van der Waals surface area contributed by atoms with Crippen molar-refractivity contribution >= 4 is 23.8 Å². The van der Waals surface area contributed by atoms with Crippen molar-refractivity contribution < 1.29 is 26.3 Å². The minimum atomic E-state index is -1.19. The summed E-state index contributed by atoms with van der Waals surface area (Å²) in [5.41, 5.74) is -1.10. The van der Waals surface area contributed by atoms with Crippen molar-refractivity contribution in [2.24, 2.45) is 9.98 Å². The molecule has 0 amide bonds. The minimum Gasteiger partial charge on any atom is -0.248 e. The van der Waals surface area contributed by atoms with Crippen LogP contribution in [0.1, 0.15) is 11.4 Å². The Labute approximate surface area is 154 Å². The maximum atomic E-state index is 13.6. The fourth-order valence-corrected chi connectivity index (χ4v) is 2.19. The molecule has 0 atom stereocenters. The molecular weight excluding hydrogens is 384 g/mol. The Morgan fingerprint density at radius 2 is 0.964 bits per heavy atom. The van der Waals surface area contributed by atoms with E-state index in [2.05, 4.69) is 15.0 Å². The van der Waals surface area contributed by atoms with Gasteiger partial charge in [-0.15, -0.1) is 0 Å². The summed E-state index contributed by atoms with van der Waals surface area (Å²) in [5, 5.41) is 0. The lowest BCUT2D eigenvalue weighted by molar-refractivity contribution is 0.546. The van der Waals surface area contributed by atoms with Crippen LogP contribution in [0.25, 0.3) is 0 Å². The molecule has 0 unspecified atom stereocenters. The number of aliphatic imine (C=N–C) groups is 2. The first-order valence-electron chi connectivity index (χ1n) is 7.68. The molecule has 0 bridgehead atoms. The van der Waals surface area contributed by atoms with Gasteiger partial charge in [-0.05, 0) is 12.1 Å². The SMILES string of the molecule is Fc1cc(F)c(N=Cc2cccc(C=Nc3c(F)cc(F)cc3F)n2)c(F)c1. The zero-order valence-electron chi connectivity index (χ0n) is 13.8. The number of pyridine rings is 1. The molecule has 0 aliphatic carbocycles. The number of hydrogen-bond donors (Lipinski definition) is 0. The second kappa shape index (κ2) is 8.03. The largest absolute Gasteiger partial charge is 0.248 e. The number of benzene rings is 2. The number of halogens is 6. The van der Waals surface area contributed by atoms with Gasteiger partial charge in [-0.25, -0.2) is 41.3 Å². The van der Waals surface area contributed by atoms with E-state index in [4.69, 9.17) is 0 Å². The second-order valence-corrected chi connectivity index (χ2v) is 5.44. The van der Waals surface area contributed by atoms with Crippen LogP contribution in [0.2, 0.25) is 0 Å². The molecule has 0 aliphatic heterocycles. The lowest BCUT2D eigenvalue weighted by atomic mass is 10.2. The third kappa shape index (κ3) is 4.43. The van der Waals surface area contributed by atoms with E-state index in [1.54, 1.807) is 0 Å². The van der Waals surface area contributed by atoms with Crippen molar-refractivity contribution in [2.45, 2.75) is 0 Å². The van der Waals surface area contributed by atoms with E-state index >= 15 is 0 Å². The van der Waals surface area contributed by atoms with Gasteiger partial charge in [0.25, 0.3) is 0 Å². The van der Waals surface area contributed by atoms with Crippen molar-refractivity contribution in [3.63, 3.8) is 0 Å². The average Bonchev–Trinajstić information content (AvgIpc) is 2.60. The molecule has 3 nitrogen and oxygen atoms in total. The van der Waals surface area contributed by atoms with Crippen molar-refractivity contribution in [3.8, 4) is 0 Å². The van der Waals surface area contributed by atoms with Crippen LogP contribution < -0.4 is 0 Å². The van der Waals surface area contributed by atoms with E-state index in [9.17, 15) is 26.3 Å². The third-order valence-electron chi connectivity index (χ3n) is 3.41. The molecule has 28 heavy (non-hydrogen) atoms. The smallest absolute Gasteiger partial charge is 0.154 e. The van der Waals surface area contributed by atoms with E-state index in [1.807, 2.05) is 0 Å². The Morgan fingerprint density at radius 1 is 0.607 bits per heavy atom. The van der Waals surface area contributed by atoms with Crippen molar-refractivity contribution in [1.82, 2.24) is 4.98 Å². The van der Waals surface area contributed by atoms with Crippen LogP contribution in [0.15, 0.2) is 52.4 Å². The fraction of sp³-hybridized carbons (Fsp3) is 0. The predicted octanol–water partition coefficient (Wildman–Crippen LogP) is 5.42. The number of aromatic nitrogens is 1. The third-order valence-corrected chi connectivity index (χ3v) is 3.41. The van der Waals surface area contributed by atoms with E-state index in [0.717, 1.165) is 12.4 Å². The molecular formula is C19H9F6N3. The van der Waals surface area contributed by atoms with E-state index < -0.39 is 46.3 Å². The first-order valence-corrected chi connectivity index (χ1v) is 7.68. The molecule has 0 spiro atoms. The average molecular weight is 393 g/mol. The van der Waals surface area contributed by atoms with E-state index in [1.165, 1.54) is 18.2 Å². The quantitative estimate of drug-likeness (QED) is 0.431. The molecule has 0 saturated heterocycles. The maximum absolute atomic E-state index is 13.6. The molecule has 3 aromatic rings. The van der Waals surface area contributed by atoms with Gasteiger partial charge in [-0.3, -0.25) is 0 Å². The molecule has 0 N–H and O–H groups in total. The lowest BCUT2D eigenvalue weighted by Crippen LogP contribution is -1.94. The van der Waals surface area contributed by atoms with Crippen LogP contribution in [0.3, 0.4) is 0 Å². The van der Waals surface area contributed by atoms with Crippen LogP contribution in [-0.2, 0) is 0 Å². The first kappa shape index (κ1) is 19.3. The van der Waals surface area contributed by atoms with Gasteiger partial charge in [0, 0.05) is 24.3 Å². The number of hydrogen-bond acceptors (Lipinski definition) is 3. The Kier molecular flexibility index (Phi) is 5.53. The van der Waals surface area contributed by atoms with Gasteiger partial charge in [-0.2, -0.15) is 0 Å². The highest BCUT2D eigenvalue weighted by Gasteiger charge is 2.11. The van der Waals surface area contributed by atoms with Gasteiger partial charge in [0.15, 0.2) is 23.3 Å². The summed E-state index contributed by atoms with van der Waals surface area (Å²) in [6.45, 7) is 0. The standard InChI is InChI=1S/C19H9F6N3/c20-10-4-14(22)18(15(23)5-10)26-8-12-2-1-3-13(28-12)9-27-19-16(24)6-11(21)7-17(19)25/h1-9H.